The van der Waals surface area contributed by atoms with E-state index in [1.807, 2.05) is 11.8 Å². The highest BCUT2D eigenvalue weighted by Crippen LogP contribution is 2.16. The maximum atomic E-state index is 11.5. The number of hydrogen-bond acceptors (Lipinski definition) is 4. The normalized spacial score (nSPS) is 23.2. The lowest BCUT2D eigenvalue weighted by Gasteiger charge is -2.12. The zero-order valence-corrected chi connectivity index (χ0v) is 10.5. The summed E-state index contributed by atoms with van der Waals surface area (Å²) in [6, 6.07) is 0.530. The van der Waals surface area contributed by atoms with E-state index in [-0.39, 0.29) is 11.0 Å². The molecule has 0 saturated carbocycles. The van der Waals surface area contributed by atoms with E-state index in [9.17, 15) is 8.42 Å². The third-order valence-electron chi connectivity index (χ3n) is 2.47. The van der Waals surface area contributed by atoms with Crippen LogP contribution in [0.25, 0.3) is 0 Å². The van der Waals surface area contributed by atoms with Crippen LogP contribution in [0.4, 0.5) is 0 Å². The van der Waals surface area contributed by atoms with Gasteiger partial charge in [-0.15, -0.1) is 0 Å². The summed E-state index contributed by atoms with van der Waals surface area (Å²) in [7, 11) is -2.86. The quantitative estimate of drug-likeness (QED) is 0.772. The van der Waals surface area contributed by atoms with Crippen LogP contribution in [0.2, 0.25) is 0 Å². The van der Waals surface area contributed by atoms with Crippen molar-refractivity contribution in [2.75, 3.05) is 23.8 Å². The molecule has 1 aliphatic rings. The molecule has 1 heterocycles. The molecule has 84 valence electrons. The SMILES string of the molecule is CC(C)S(=O)(=O)CCNC1CCSC1. The molecular formula is C9H19NO2S2. The summed E-state index contributed by atoms with van der Waals surface area (Å²) in [6.45, 7) is 4.08. The number of sulfone groups is 1. The standard InChI is InChI=1S/C9H19NO2S2/c1-8(2)14(11,12)6-4-10-9-3-5-13-7-9/h8-10H,3-7H2,1-2H3. The van der Waals surface area contributed by atoms with Gasteiger partial charge in [0.25, 0.3) is 0 Å². The molecule has 1 atom stereocenters. The molecule has 1 aliphatic heterocycles. The third kappa shape index (κ3) is 3.79. The van der Waals surface area contributed by atoms with Crippen LogP contribution >= 0.6 is 11.8 Å². The fourth-order valence-electron chi connectivity index (χ4n) is 1.34. The number of rotatable bonds is 5. The lowest BCUT2D eigenvalue weighted by molar-refractivity contribution is 0.559. The van der Waals surface area contributed by atoms with Gasteiger partial charge in [-0.1, -0.05) is 0 Å². The van der Waals surface area contributed by atoms with Gasteiger partial charge in [0.2, 0.25) is 0 Å². The molecule has 14 heavy (non-hydrogen) atoms. The van der Waals surface area contributed by atoms with Crippen LogP contribution in [-0.2, 0) is 9.84 Å². The highest BCUT2D eigenvalue weighted by atomic mass is 32.2. The van der Waals surface area contributed by atoms with Crippen LogP contribution < -0.4 is 5.32 Å². The maximum Gasteiger partial charge on any atom is 0.153 e. The second-order valence-electron chi connectivity index (χ2n) is 3.93. The smallest absolute Gasteiger partial charge is 0.153 e. The van der Waals surface area contributed by atoms with Crippen molar-refractivity contribution in [2.24, 2.45) is 0 Å². The van der Waals surface area contributed by atoms with E-state index in [2.05, 4.69) is 5.32 Å². The fourth-order valence-corrected chi connectivity index (χ4v) is 3.40. The van der Waals surface area contributed by atoms with E-state index in [0.717, 1.165) is 5.75 Å². The molecule has 3 nitrogen and oxygen atoms in total. The van der Waals surface area contributed by atoms with Crippen molar-refractivity contribution in [1.82, 2.24) is 5.32 Å². The fraction of sp³-hybridized carbons (Fsp3) is 1.00. The van der Waals surface area contributed by atoms with Crippen molar-refractivity contribution in [2.45, 2.75) is 31.6 Å². The molecule has 1 N–H and O–H groups in total. The lowest BCUT2D eigenvalue weighted by atomic mass is 10.3. The third-order valence-corrected chi connectivity index (χ3v) is 5.84. The zero-order chi connectivity index (χ0) is 10.6. The Bertz CT molecular complexity index is 256. The highest BCUT2D eigenvalue weighted by molar-refractivity contribution is 7.99. The van der Waals surface area contributed by atoms with Gasteiger partial charge in [0.05, 0.1) is 11.0 Å². The van der Waals surface area contributed by atoms with Gasteiger partial charge in [0.15, 0.2) is 9.84 Å². The molecule has 1 unspecified atom stereocenters. The van der Waals surface area contributed by atoms with E-state index in [4.69, 9.17) is 0 Å². The molecule has 5 heteroatoms. The Morgan fingerprint density at radius 1 is 1.50 bits per heavy atom. The number of hydrogen-bond donors (Lipinski definition) is 1. The van der Waals surface area contributed by atoms with Crippen molar-refractivity contribution >= 4 is 21.6 Å². The van der Waals surface area contributed by atoms with E-state index in [1.165, 1.54) is 12.2 Å². The lowest BCUT2D eigenvalue weighted by Crippen LogP contribution is -2.34. The average molecular weight is 237 g/mol. The Labute approximate surface area is 91.0 Å². The monoisotopic (exact) mass is 237 g/mol. The first kappa shape index (κ1) is 12.3. The van der Waals surface area contributed by atoms with E-state index < -0.39 is 9.84 Å². The first-order chi connectivity index (χ1) is 6.52. The number of thioether (sulfide) groups is 1. The van der Waals surface area contributed by atoms with Crippen LogP contribution in [0.1, 0.15) is 20.3 Å². The molecule has 1 saturated heterocycles. The van der Waals surface area contributed by atoms with Crippen molar-refractivity contribution < 1.29 is 8.42 Å². The molecule has 0 aromatic heterocycles. The zero-order valence-electron chi connectivity index (χ0n) is 8.82. The van der Waals surface area contributed by atoms with E-state index in [0.29, 0.717) is 12.6 Å². The summed E-state index contributed by atoms with van der Waals surface area (Å²) >= 11 is 1.93. The van der Waals surface area contributed by atoms with Gasteiger partial charge in [0, 0.05) is 18.3 Å². The van der Waals surface area contributed by atoms with Gasteiger partial charge in [-0.25, -0.2) is 8.42 Å². The van der Waals surface area contributed by atoms with E-state index >= 15 is 0 Å². The Kier molecular flexibility index (Phi) is 4.73. The van der Waals surface area contributed by atoms with Crippen molar-refractivity contribution in [3.63, 3.8) is 0 Å². The summed E-state index contributed by atoms with van der Waals surface area (Å²) < 4.78 is 22.9. The molecule has 0 aromatic carbocycles. The van der Waals surface area contributed by atoms with Crippen LogP contribution in [-0.4, -0.2) is 43.5 Å². The van der Waals surface area contributed by atoms with Gasteiger partial charge >= 0.3 is 0 Å². The second-order valence-corrected chi connectivity index (χ2v) is 7.76. The molecule has 0 bridgehead atoms. The molecule has 0 radical (unpaired) electrons. The Morgan fingerprint density at radius 2 is 2.21 bits per heavy atom. The van der Waals surface area contributed by atoms with Crippen LogP contribution in [0, 0.1) is 0 Å². The molecule has 0 amide bonds. The predicted molar refractivity (Wildman–Crippen MR) is 62.7 cm³/mol. The van der Waals surface area contributed by atoms with Gasteiger partial charge in [-0.3, -0.25) is 0 Å². The largest absolute Gasteiger partial charge is 0.312 e. The molecular weight excluding hydrogens is 218 g/mol. The maximum absolute atomic E-state index is 11.5. The minimum atomic E-state index is -2.86. The van der Waals surface area contributed by atoms with Crippen LogP contribution in [0.3, 0.4) is 0 Å². The van der Waals surface area contributed by atoms with Gasteiger partial charge in [0.1, 0.15) is 0 Å². The molecule has 1 rings (SSSR count). The first-order valence-electron chi connectivity index (χ1n) is 5.05. The Balaban J connectivity index is 2.20. The molecule has 1 fully saturated rings. The summed E-state index contributed by atoms with van der Waals surface area (Å²) in [5.41, 5.74) is 0. The van der Waals surface area contributed by atoms with E-state index in [1.54, 1.807) is 13.8 Å². The molecule has 0 spiro atoms. The van der Waals surface area contributed by atoms with Crippen molar-refractivity contribution in [3.8, 4) is 0 Å². The minimum Gasteiger partial charge on any atom is -0.312 e. The summed E-state index contributed by atoms with van der Waals surface area (Å²) in [5, 5.41) is 3.04. The Morgan fingerprint density at radius 3 is 2.71 bits per heavy atom. The number of nitrogens with one attached hydrogen (secondary N) is 1. The summed E-state index contributed by atoms with van der Waals surface area (Å²) in [6.07, 6.45) is 1.17. The van der Waals surface area contributed by atoms with Gasteiger partial charge in [-0.2, -0.15) is 11.8 Å². The molecule has 0 aliphatic carbocycles. The van der Waals surface area contributed by atoms with Gasteiger partial charge in [-0.05, 0) is 26.0 Å². The Hall–Kier alpha value is 0.260. The topological polar surface area (TPSA) is 46.2 Å². The first-order valence-corrected chi connectivity index (χ1v) is 7.92. The summed E-state index contributed by atoms with van der Waals surface area (Å²) in [5.74, 6) is 2.60. The van der Waals surface area contributed by atoms with Crippen LogP contribution in [0.5, 0.6) is 0 Å². The highest BCUT2D eigenvalue weighted by Gasteiger charge is 2.18. The van der Waals surface area contributed by atoms with Crippen LogP contribution in [0.15, 0.2) is 0 Å². The molecule has 0 aromatic rings. The minimum absolute atomic E-state index is 0.248. The van der Waals surface area contributed by atoms with Crippen molar-refractivity contribution in [3.05, 3.63) is 0 Å². The second kappa shape index (κ2) is 5.37. The average Bonchev–Trinajstić information content (AvgIpc) is 2.56. The summed E-state index contributed by atoms with van der Waals surface area (Å²) in [4.78, 5) is 0. The predicted octanol–water partition coefficient (Wildman–Crippen LogP) is 0.905. The van der Waals surface area contributed by atoms with Crippen molar-refractivity contribution in [1.29, 1.82) is 0 Å². The van der Waals surface area contributed by atoms with Gasteiger partial charge < -0.3 is 5.32 Å².